The number of hydrogen-bond acceptors (Lipinski definition) is 4. The van der Waals surface area contributed by atoms with Gasteiger partial charge in [-0.05, 0) is 30.7 Å². The molecule has 0 heterocycles. The molecular formula is C17H16Cl2N2O3S. The van der Waals surface area contributed by atoms with Crippen molar-refractivity contribution in [2.24, 2.45) is 0 Å². The lowest BCUT2D eigenvalue weighted by Gasteiger charge is -2.22. The molecule has 0 aliphatic rings. The molecule has 0 N–H and O–H groups in total. The molecule has 2 rings (SSSR count). The molecule has 0 spiro atoms. The molecule has 132 valence electrons. The molecule has 0 aliphatic heterocycles. The molecule has 0 bridgehead atoms. The second kappa shape index (κ2) is 8.56. The van der Waals surface area contributed by atoms with Gasteiger partial charge in [0.1, 0.15) is 0 Å². The summed E-state index contributed by atoms with van der Waals surface area (Å²) in [6.45, 7) is 2.15. The summed E-state index contributed by atoms with van der Waals surface area (Å²) >= 11 is 13.5. The van der Waals surface area contributed by atoms with Crippen molar-refractivity contribution in [2.75, 3.05) is 7.05 Å². The van der Waals surface area contributed by atoms with Gasteiger partial charge in [0, 0.05) is 30.6 Å². The van der Waals surface area contributed by atoms with E-state index in [0.717, 1.165) is 10.5 Å². The Morgan fingerprint density at radius 2 is 1.88 bits per heavy atom. The average molecular weight is 399 g/mol. The van der Waals surface area contributed by atoms with Crippen molar-refractivity contribution in [2.45, 2.75) is 23.6 Å². The van der Waals surface area contributed by atoms with E-state index in [1.807, 2.05) is 6.07 Å². The van der Waals surface area contributed by atoms with Crippen LogP contribution in [0.1, 0.15) is 12.5 Å². The van der Waals surface area contributed by atoms with Gasteiger partial charge in [0.15, 0.2) is 0 Å². The molecule has 25 heavy (non-hydrogen) atoms. The molecule has 0 aromatic heterocycles. The van der Waals surface area contributed by atoms with Gasteiger partial charge in [-0.25, -0.2) is 0 Å². The van der Waals surface area contributed by atoms with Crippen LogP contribution in [0.3, 0.4) is 0 Å². The summed E-state index contributed by atoms with van der Waals surface area (Å²) in [4.78, 5) is 25.1. The van der Waals surface area contributed by atoms with Crippen LogP contribution in [-0.2, 0) is 11.3 Å². The Morgan fingerprint density at radius 1 is 1.24 bits per heavy atom. The molecule has 0 radical (unpaired) electrons. The number of nitro benzene ring substituents is 1. The number of nitro groups is 1. The first kappa shape index (κ1) is 19.6. The van der Waals surface area contributed by atoms with Crippen LogP contribution < -0.4 is 0 Å². The van der Waals surface area contributed by atoms with Crippen LogP contribution in [0.15, 0.2) is 47.4 Å². The van der Waals surface area contributed by atoms with Crippen LogP contribution in [-0.4, -0.2) is 28.0 Å². The van der Waals surface area contributed by atoms with E-state index in [0.29, 0.717) is 16.6 Å². The Morgan fingerprint density at radius 3 is 2.48 bits per heavy atom. The number of nitrogens with zero attached hydrogens (tertiary/aromatic N) is 2. The van der Waals surface area contributed by atoms with E-state index in [2.05, 4.69) is 0 Å². The van der Waals surface area contributed by atoms with Crippen LogP contribution in [0, 0.1) is 10.1 Å². The van der Waals surface area contributed by atoms with Crippen molar-refractivity contribution in [1.29, 1.82) is 0 Å². The third kappa shape index (κ3) is 5.11. The molecular weight excluding hydrogens is 383 g/mol. The summed E-state index contributed by atoms with van der Waals surface area (Å²) in [5.41, 5.74) is 0.800. The topological polar surface area (TPSA) is 63.5 Å². The lowest BCUT2D eigenvalue weighted by Crippen LogP contribution is -2.32. The largest absolute Gasteiger partial charge is 0.340 e. The number of benzene rings is 2. The summed E-state index contributed by atoms with van der Waals surface area (Å²) < 4.78 is 0. The average Bonchev–Trinajstić information content (AvgIpc) is 2.58. The van der Waals surface area contributed by atoms with Gasteiger partial charge < -0.3 is 4.90 Å². The first-order chi connectivity index (χ1) is 11.8. The Balaban J connectivity index is 2.01. The highest BCUT2D eigenvalue weighted by Crippen LogP contribution is 2.29. The summed E-state index contributed by atoms with van der Waals surface area (Å²) in [7, 11) is 1.70. The lowest BCUT2D eigenvalue weighted by atomic mass is 10.2. The van der Waals surface area contributed by atoms with Crippen LogP contribution in [0.4, 0.5) is 5.69 Å². The summed E-state index contributed by atoms with van der Waals surface area (Å²) in [5, 5.41) is 11.2. The molecule has 5 nitrogen and oxygen atoms in total. The molecule has 2 aromatic rings. The second-order valence-electron chi connectivity index (χ2n) is 5.42. The Bertz CT molecular complexity index is 784. The molecule has 0 aliphatic carbocycles. The Kier molecular flexibility index (Phi) is 6.70. The van der Waals surface area contributed by atoms with Crippen molar-refractivity contribution >= 4 is 46.6 Å². The van der Waals surface area contributed by atoms with Crippen molar-refractivity contribution in [3.8, 4) is 0 Å². The van der Waals surface area contributed by atoms with Gasteiger partial charge in [0.05, 0.1) is 20.2 Å². The maximum absolute atomic E-state index is 12.5. The van der Waals surface area contributed by atoms with E-state index in [9.17, 15) is 14.9 Å². The number of thioether (sulfide) groups is 1. The SMILES string of the molecule is CC(Sc1ccc([N+](=O)[O-])cc1)C(=O)N(C)Cc1cccc(Cl)c1Cl. The minimum Gasteiger partial charge on any atom is -0.340 e. The molecule has 1 amide bonds. The monoisotopic (exact) mass is 398 g/mol. The minimum absolute atomic E-state index is 0.0241. The van der Waals surface area contributed by atoms with Gasteiger partial charge in [0.25, 0.3) is 5.69 Å². The number of amides is 1. The van der Waals surface area contributed by atoms with Crippen molar-refractivity contribution < 1.29 is 9.72 Å². The van der Waals surface area contributed by atoms with Crippen molar-refractivity contribution in [1.82, 2.24) is 4.90 Å². The Labute approximate surface area is 160 Å². The van der Waals surface area contributed by atoms with Crippen molar-refractivity contribution in [3.05, 3.63) is 68.2 Å². The van der Waals surface area contributed by atoms with Crippen LogP contribution in [0.25, 0.3) is 0 Å². The van der Waals surface area contributed by atoms with Crippen LogP contribution in [0.5, 0.6) is 0 Å². The standard InChI is InChI=1S/C17H16Cl2N2O3S/c1-11(25-14-8-6-13(7-9-14)21(23)24)17(22)20(2)10-12-4-3-5-15(18)16(12)19/h3-9,11H,10H2,1-2H3. The minimum atomic E-state index is -0.453. The van der Waals surface area contributed by atoms with E-state index in [-0.39, 0.29) is 16.8 Å². The number of halogens is 2. The highest BCUT2D eigenvalue weighted by atomic mass is 35.5. The van der Waals surface area contributed by atoms with E-state index in [4.69, 9.17) is 23.2 Å². The smallest absolute Gasteiger partial charge is 0.269 e. The summed E-state index contributed by atoms with van der Waals surface area (Å²) in [5.74, 6) is -0.0700. The normalized spacial score (nSPS) is 11.8. The van der Waals surface area contributed by atoms with E-state index < -0.39 is 4.92 Å². The third-order valence-electron chi connectivity index (χ3n) is 3.52. The third-order valence-corrected chi connectivity index (χ3v) is 5.48. The van der Waals surface area contributed by atoms with Crippen LogP contribution >= 0.6 is 35.0 Å². The van der Waals surface area contributed by atoms with Gasteiger partial charge in [0.2, 0.25) is 5.91 Å². The summed E-state index contributed by atoms with van der Waals surface area (Å²) in [6.07, 6.45) is 0. The number of carbonyl (C=O) groups is 1. The van der Waals surface area contributed by atoms with Crippen LogP contribution in [0.2, 0.25) is 10.0 Å². The molecule has 8 heteroatoms. The fourth-order valence-corrected chi connectivity index (χ4v) is 3.58. The molecule has 0 saturated carbocycles. The number of carbonyl (C=O) groups excluding carboxylic acids is 1. The predicted molar refractivity (Wildman–Crippen MR) is 101 cm³/mol. The Hall–Kier alpha value is -1.76. The molecule has 1 atom stereocenters. The van der Waals surface area contributed by atoms with Gasteiger partial charge >= 0.3 is 0 Å². The number of hydrogen-bond donors (Lipinski definition) is 0. The second-order valence-corrected chi connectivity index (χ2v) is 7.62. The zero-order chi connectivity index (χ0) is 18.6. The number of rotatable bonds is 6. The fraction of sp³-hybridized carbons (Fsp3) is 0.235. The van der Waals surface area contributed by atoms with Gasteiger partial charge in [-0.15, -0.1) is 11.8 Å². The molecule has 0 fully saturated rings. The molecule has 1 unspecified atom stereocenters. The maximum atomic E-state index is 12.5. The molecule has 0 saturated heterocycles. The zero-order valence-corrected chi connectivity index (χ0v) is 15.9. The van der Waals surface area contributed by atoms with Gasteiger partial charge in [-0.2, -0.15) is 0 Å². The lowest BCUT2D eigenvalue weighted by molar-refractivity contribution is -0.384. The van der Waals surface area contributed by atoms with Crippen molar-refractivity contribution in [3.63, 3.8) is 0 Å². The highest BCUT2D eigenvalue weighted by molar-refractivity contribution is 8.00. The highest BCUT2D eigenvalue weighted by Gasteiger charge is 2.20. The zero-order valence-electron chi connectivity index (χ0n) is 13.6. The first-order valence-corrected chi connectivity index (χ1v) is 9.02. The predicted octanol–water partition coefficient (Wildman–Crippen LogP) is 5.04. The molecule has 2 aromatic carbocycles. The van der Waals surface area contributed by atoms with Gasteiger partial charge in [-0.3, -0.25) is 14.9 Å². The quantitative estimate of drug-likeness (QED) is 0.388. The first-order valence-electron chi connectivity index (χ1n) is 7.38. The number of non-ortho nitro benzene ring substituents is 1. The van der Waals surface area contributed by atoms with E-state index in [1.54, 1.807) is 43.1 Å². The van der Waals surface area contributed by atoms with E-state index >= 15 is 0 Å². The van der Waals surface area contributed by atoms with Gasteiger partial charge in [-0.1, -0.05) is 35.3 Å². The fourth-order valence-electron chi connectivity index (χ4n) is 2.22. The maximum Gasteiger partial charge on any atom is 0.269 e. The summed E-state index contributed by atoms with van der Waals surface area (Å²) in [6, 6.07) is 11.4. The van der Waals surface area contributed by atoms with E-state index in [1.165, 1.54) is 23.9 Å².